The maximum atomic E-state index is 9.15. The first-order chi connectivity index (χ1) is 14.3. The summed E-state index contributed by atoms with van der Waals surface area (Å²) in [6.45, 7) is 7.25. The van der Waals surface area contributed by atoms with Crippen molar-refractivity contribution in [1.82, 2.24) is 9.80 Å². The van der Waals surface area contributed by atoms with E-state index in [0.29, 0.717) is 12.0 Å². The minimum atomic E-state index is 0.291. The molecular weight excluding hydrogens is 358 g/mol. The predicted octanol–water partition coefficient (Wildman–Crippen LogP) is 4.03. The number of rotatable bonds is 5. The summed E-state index contributed by atoms with van der Waals surface area (Å²) in [5.41, 5.74) is 3.48. The van der Waals surface area contributed by atoms with E-state index in [0.717, 1.165) is 70.7 Å². The van der Waals surface area contributed by atoms with Gasteiger partial charge in [-0.3, -0.25) is 4.90 Å². The van der Waals surface area contributed by atoms with Crippen LogP contribution in [0.3, 0.4) is 0 Å². The van der Waals surface area contributed by atoms with E-state index >= 15 is 0 Å². The summed E-state index contributed by atoms with van der Waals surface area (Å²) in [6.07, 6.45) is 3.73. The molecular formula is C25H31N3O. The Morgan fingerprint density at radius 2 is 1.79 bits per heavy atom. The molecule has 2 fully saturated rings. The topological polar surface area (TPSA) is 39.5 Å². The van der Waals surface area contributed by atoms with Crippen molar-refractivity contribution in [3.63, 3.8) is 0 Å². The summed E-state index contributed by atoms with van der Waals surface area (Å²) in [7, 11) is 0. The van der Waals surface area contributed by atoms with Gasteiger partial charge in [-0.05, 0) is 61.5 Å². The largest absolute Gasteiger partial charge is 0.376 e. The minimum absolute atomic E-state index is 0.291. The Kier molecular flexibility index (Phi) is 6.95. The third-order valence-electron chi connectivity index (χ3n) is 6.22. The molecule has 2 saturated heterocycles. The fourth-order valence-corrected chi connectivity index (χ4v) is 4.66. The van der Waals surface area contributed by atoms with E-state index in [2.05, 4.69) is 58.3 Å². The summed E-state index contributed by atoms with van der Waals surface area (Å²) in [5.74, 6) is 0.573. The van der Waals surface area contributed by atoms with Crippen molar-refractivity contribution >= 4 is 0 Å². The van der Waals surface area contributed by atoms with Gasteiger partial charge in [-0.15, -0.1) is 0 Å². The van der Waals surface area contributed by atoms with Crippen LogP contribution < -0.4 is 0 Å². The van der Waals surface area contributed by atoms with Gasteiger partial charge in [0.1, 0.15) is 0 Å². The highest BCUT2D eigenvalue weighted by molar-refractivity contribution is 5.34. The average molecular weight is 390 g/mol. The lowest BCUT2D eigenvalue weighted by atomic mass is 9.88. The predicted molar refractivity (Wildman–Crippen MR) is 116 cm³/mol. The highest BCUT2D eigenvalue weighted by atomic mass is 16.5. The molecule has 2 aromatic carbocycles. The van der Waals surface area contributed by atoms with Crippen LogP contribution in [-0.2, 0) is 11.3 Å². The van der Waals surface area contributed by atoms with Gasteiger partial charge in [-0.25, -0.2) is 0 Å². The first-order valence-corrected chi connectivity index (χ1v) is 10.9. The van der Waals surface area contributed by atoms with E-state index in [1.165, 1.54) is 11.1 Å². The molecule has 4 heteroatoms. The summed E-state index contributed by atoms with van der Waals surface area (Å²) in [5, 5.41) is 9.15. The lowest BCUT2D eigenvalue weighted by Crippen LogP contribution is -2.43. The second-order valence-electron chi connectivity index (χ2n) is 8.38. The van der Waals surface area contributed by atoms with Crippen LogP contribution in [0.1, 0.15) is 41.9 Å². The fraction of sp³-hybridized carbons (Fsp3) is 0.480. The van der Waals surface area contributed by atoms with Gasteiger partial charge in [0.15, 0.2) is 0 Å². The quantitative estimate of drug-likeness (QED) is 0.774. The molecule has 4 rings (SSSR count). The van der Waals surface area contributed by atoms with E-state index in [9.17, 15) is 0 Å². The van der Waals surface area contributed by atoms with Gasteiger partial charge in [-0.2, -0.15) is 5.26 Å². The van der Waals surface area contributed by atoms with Crippen LogP contribution in [0.15, 0.2) is 54.6 Å². The van der Waals surface area contributed by atoms with E-state index in [-0.39, 0.29) is 0 Å². The molecule has 0 bridgehead atoms. The molecule has 0 spiro atoms. The van der Waals surface area contributed by atoms with Crippen LogP contribution in [0, 0.1) is 11.3 Å². The van der Waals surface area contributed by atoms with Crippen LogP contribution in [0.4, 0.5) is 0 Å². The molecule has 1 atom stereocenters. The third kappa shape index (κ3) is 5.67. The highest BCUT2D eigenvalue weighted by Crippen LogP contribution is 2.28. The maximum Gasteiger partial charge on any atom is 0.0991 e. The Morgan fingerprint density at radius 1 is 0.966 bits per heavy atom. The minimum Gasteiger partial charge on any atom is -0.376 e. The molecule has 0 N–H and O–H groups in total. The normalized spacial score (nSPS) is 22.1. The van der Waals surface area contributed by atoms with Crippen LogP contribution in [0.5, 0.6) is 0 Å². The maximum absolute atomic E-state index is 9.15. The highest BCUT2D eigenvalue weighted by Gasteiger charge is 2.25. The first kappa shape index (κ1) is 20.1. The molecule has 0 saturated carbocycles. The molecule has 2 aliphatic heterocycles. The fourth-order valence-electron chi connectivity index (χ4n) is 4.66. The van der Waals surface area contributed by atoms with E-state index < -0.39 is 0 Å². The number of hydrogen-bond donors (Lipinski definition) is 0. The zero-order valence-corrected chi connectivity index (χ0v) is 17.2. The van der Waals surface area contributed by atoms with E-state index in [1.807, 2.05) is 12.1 Å². The average Bonchev–Trinajstić information content (AvgIpc) is 3.00. The lowest BCUT2D eigenvalue weighted by Gasteiger charge is -2.35. The van der Waals surface area contributed by atoms with Crippen molar-refractivity contribution in [2.45, 2.75) is 37.8 Å². The van der Waals surface area contributed by atoms with Crippen LogP contribution in [-0.4, -0.2) is 55.2 Å². The molecule has 152 valence electrons. The summed E-state index contributed by atoms with van der Waals surface area (Å²) in [4.78, 5) is 5.12. The van der Waals surface area contributed by atoms with Gasteiger partial charge in [-0.1, -0.05) is 42.5 Å². The number of benzene rings is 2. The molecule has 4 nitrogen and oxygen atoms in total. The zero-order chi connectivity index (χ0) is 19.9. The van der Waals surface area contributed by atoms with Gasteiger partial charge >= 0.3 is 0 Å². The Hall–Kier alpha value is -2.19. The van der Waals surface area contributed by atoms with Crippen LogP contribution in [0.2, 0.25) is 0 Å². The number of nitrogens with zero attached hydrogens (tertiary/aromatic N) is 3. The molecule has 2 aliphatic rings. The smallest absolute Gasteiger partial charge is 0.0991 e. The lowest BCUT2D eigenvalue weighted by molar-refractivity contribution is 0.0203. The molecule has 0 aromatic heterocycles. The first-order valence-electron chi connectivity index (χ1n) is 10.9. The van der Waals surface area contributed by atoms with Gasteiger partial charge in [0.2, 0.25) is 0 Å². The van der Waals surface area contributed by atoms with Crippen molar-refractivity contribution in [3.05, 3.63) is 71.3 Å². The van der Waals surface area contributed by atoms with Crippen molar-refractivity contribution in [3.8, 4) is 6.07 Å². The number of likely N-dealkylation sites (tertiary alicyclic amines) is 1. The Balaban J connectivity index is 1.28. The number of piperidine rings is 1. The van der Waals surface area contributed by atoms with Crippen molar-refractivity contribution in [2.75, 3.05) is 39.3 Å². The number of ether oxygens (including phenoxy) is 1. The molecule has 0 radical (unpaired) electrons. The van der Waals surface area contributed by atoms with Crippen molar-refractivity contribution < 1.29 is 4.74 Å². The van der Waals surface area contributed by atoms with Gasteiger partial charge < -0.3 is 9.64 Å². The van der Waals surface area contributed by atoms with Crippen molar-refractivity contribution in [2.24, 2.45) is 0 Å². The Labute approximate surface area is 174 Å². The zero-order valence-electron chi connectivity index (χ0n) is 17.2. The van der Waals surface area contributed by atoms with Crippen molar-refractivity contribution in [1.29, 1.82) is 5.26 Å². The van der Waals surface area contributed by atoms with Gasteiger partial charge in [0, 0.05) is 32.8 Å². The monoisotopic (exact) mass is 389 g/mol. The van der Waals surface area contributed by atoms with Crippen LogP contribution in [0.25, 0.3) is 0 Å². The number of hydrogen-bond acceptors (Lipinski definition) is 4. The van der Waals surface area contributed by atoms with Gasteiger partial charge in [0.25, 0.3) is 0 Å². The van der Waals surface area contributed by atoms with Crippen LogP contribution >= 0.6 is 0 Å². The summed E-state index contributed by atoms with van der Waals surface area (Å²) >= 11 is 0. The van der Waals surface area contributed by atoms with Gasteiger partial charge in [0.05, 0.1) is 17.7 Å². The third-order valence-corrected chi connectivity index (χ3v) is 6.22. The second kappa shape index (κ2) is 10.0. The second-order valence-corrected chi connectivity index (χ2v) is 8.38. The summed E-state index contributed by atoms with van der Waals surface area (Å²) in [6, 6.07) is 21.2. The standard InChI is InChI=1S/C25H31N3O/c26-17-22-8-4-9-24(16-22)23-10-13-27(14-11-23)19-25-20-28(12-5-15-29-25)18-21-6-2-1-3-7-21/h1-4,6-9,16,23,25H,5,10-15,18-20H2. The molecule has 1 unspecified atom stereocenters. The number of nitriles is 1. The molecule has 2 aromatic rings. The SMILES string of the molecule is N#Cc1cccc(C2CCN(CC3CN(Cc4ccccc4)CCCO3)CC2)c1. The molecule has 0 amide bonds. The van der Waals surface area contributed by atoms with E-state index in [4.69, 9.17) is 10.00 Å². The summed E-state index contributed by atoms with van der Waals surface area (Å²) < 4.78 is 6.20. The Bertz CT molecular complexity index is 808. The molecule has 29 heavy (non-hydrogen) atoms. The molecule has 2 heterocycles. The van der Waals surface area contributed by atoms with E-state index in [1.54, 1.807) is 0 Å². The Morgan fingerprint density at radius 3 is 2.59 bits per heavy atom. The molecule has 0 aliphatic carbocycles.